The molecule has 0 saturated carbocycles. The lowest BCUT2D eigenvalue weighted by Gasteiger charge is -2.70. The molecule has 0 aliphatic rings. The Morgan fingerprint density at radius 1 is 0.170 bits per heavy atom. The van der Waals surface area contributed by atoms with Gasteiger partial charge in [-0.15, -0.1) is 0 Å². The van der Waals surface area contributed by atoms with Crippen LogP contribution in [0.4, 0.5) is 0 Å². The van der Waals surface area contributed by atoms with Gasteiger partial charge in [-0.3, -0.25) is 0 Å². The molecule has 0 amide bonds. The predicted octanol–water partition coefficient (Wildman–Crippen LogP) is 12.2. The van der Waals surface area contributed by atoms with Crippen LogP contribution in [0, 0.1) is 0 Å². The normalized spacial score (nSPS) is 13.1. The van der Waals surface area contributed by atoms with Gasteiger partial charge in [-0.05, 0) is 62.3 Å². The van der Waals surface area contributed by atoms with Crippen molar-refractivity contribution in [2.75, 3.05) is 0 Å². The average molecular weight is 1360 g/mol. The molecule has 0 spiro atoms. The van der Waals surface area contributed by atoms with Crippen molar-refractivity contribution in [3.8, 4) is 0 Å². The van der Waals surface area contributed by atoms with Crippen LogP contribution in [0.15, 0.2) is 364 Å². The van der Waals surface area contributed by atoms with Crippen LogP contribution in [0.1, 0.15) is 41.5 Å². The van der Waals surface area contributed by atoms with Crippen LogP contribution in [-0.4, -0.2) is 69.5 Å². The summed E-state index contributed by atoms with van der Waals surface area (Å²) in [6.45, 7) is 26.2. The first kappa shape index (κ1) is 66.3. The molecule has 0 bridgehead atoms. The number of hydrogen-bond acceptors (Lipinski definition) is 2. The van der Waals surface area contributed by atoms with Crippen molar-refractivity contribution in [1.82, 2.24) is 0 Å². The van der Waals surface area contributed by atoms with Gasteiger partial charge < -0.3 is 8.85 Å². The third kappa shape index (κ3) is 10.6. The average Bonchev–Trinajstić information content (AvgIpc) is 0.639. The molecule has 94 heavy (non-hydrogen) atoms. The molecule has 0 unspecified atom stereocenters. The lowest BCUT2D eigenvalue weighted by molar-refractivity contribution is 0.131. The van der Waals surface area contributed by atoms with Gasteiger partial charge in [0.05, 0.1) is 0 Å². The van der Waals surface area contributed by atoms with E-state index in [0.717, 1.165) is 0 Å². The van der Waals surface area contributed by atoms with Gasteiger partial charge in [0.25, 0.3) is 0 Å². The molecule has 2 nitrogen and oxygen atoms in total. The molecule has 0 saturated heterocycles. The molecule has 0 aliphatic carbocycles. The van der Waals surface area contributed by atoms with Gasteiger partial charge >= 0.3 is 0 Å². The van der Waals surface area contributed by atoms with Crippen LogP contribution in [-0.2, 0) is 8.85 Å². The molecule has 0 aliphatic heterocycles. The zero-order valence-corrected chi connectivity index (χ0v) is 64.5. The molecule has 0 N–H and O–H groups in total. The second kappa shape index (κ2) is 26.8. The van der Waals surface area contributed by atoms with E-state index >= 15 is 0 Å². The van der Waals surface area contributed by atoms with E-state index in [1.807, 2.05) is 0 Å². The van der Waals surface area contributed by atoms with Crippen molar-refractivity contribution in [3.63, 3.8) is 0 Å². The molecule has 12 aromatic rings. The summed E-state index contributed by atoms with van der Waals surface area (Å²) in [5, 5.41) is 17.0. The summed E-state index contributed by atoms with van der Waals surface area (Å²) >= 11 is 0. The fourth-order valence-electron chi connectivity index (χ4n) is 17.8. The summed E-state index contributed by atoms with van der Waals surface area (Å²) in [4.78, 5) is 0. The Kier molecular flexibility index (Phi) is 18.9. The van der Waals surface area contributed by atoms with Gasteiger partial charge in [-0.2, -0.15) is 0 Å². The Morgan fingerprint density at radius 3 is 0.415 bits per heavy atom. The van der Waals surface area contributed by atoms with Crippen molar-refractivity contribution in [3.05, 3.63) is 364 Å². The molecular formula is C84H90O2Si8. The minimum Gasteiger partial charge on any atom is -0.405 e. The van der Waals surface area contributed by atoms with Gasteiger partial charge in [0.2, 0.25) is 15.7 Å². The predicted molar refractivity (Wildman–Crippen MR) is 424 cm³/mol. The zero-order chi connectivity index (χ0) is 65.8. The summed E-state index contributed by atoms with van der Waals surface area (Å²) in [5.41, 5.74) is -1.25. The molecule has 0 fully saturated rings. The molecule has 0 aromatic heterocycles. The maximum atomic E-state index is 9.09. The quantitative estimate of drug-likeness (QED) is 0.0668. The van der Waals surface area contributed by atoms with Gasteiger partial charge in [0.1, 0.15) is 14.2 Å². The smallest absolute Gasteiger partial charge is 0.249 e. The Morgan fingerprint density at radius 2 is 0.287 bits per heavy atom. The molecule has 0 heterocycles. The number of hydrogen-bond donors (Lipinski definition) is 0. The largest absolute Gasteiger partial charge is 0.405 e. The first-order valence-corrected chi connectivity index (χ1v) is 58.3. The van der Waals surface area contributed by atoms with Crippen molar-refractivity contribution >= 4 is 121 Å². The Bertz CT molecular complexity index is 3830. The minimum atomic E-state index is -3.97. The maximum absolute atomic E-state index is 9.09. The fourth-order valence-corrected chi connectivity index (χ4v) is 243. The van der Waals surface area contributed by atoms with Crippen molar-refractivity contribution in [2.24, 2.45) is 0 Å². The molecular weight excluding hydrogens is 1270 g/mol. The Labute approximate surface area is 567 Å². The SMILES string of the molecule is CC(C)(C)O[Si](c1ccccc1)(c1ccccc1)[Si](c1ccccc1)(c1ccccc1)[Si](c1ccccc1)(c1ccccc1)[Si](C)(C)[Si](C)(C)[Si](c1ccccc1)(c1ccccc1)[Si](c1ccccc1)(c1ccccc1)[Si](OC(C)(C)C)(c1ccccc1)c1ccccc1. The standard InChI is InChI=1S/C84H90O2Si8/c1-83(2,3)85-89(71-47-23-11-24-48-71,72-49-25-12-26-50-72)93(79-63-39-19-40-64-79,80-65-41-20-42-66-80)91(75-55-31-15-32-56-75,76-57-33-16-34-58-76)87(7,8)88(9,10)92(77-59-35-17-36-60-77,78-61-37-18-38-62-78)94(81-67-43-21-44-68-81,82-69-45-22-46-70-82)90(86-84(4,5)6,73-51-27-13-28-52-73)74-53-29-14-30-54-74/h11-70H,1-10H3. The third-order valence-corrected chi connectivity index (χ3v) is 160. The lowest BCUT2D eigenvalue weighted by atomic mass is 10.2. The van der Waals surface area contributed by atoms with Gasteiger partial charge in [-0.25, -0.2) is 0 Å². The van der Waals surface area contributed by atoms with Gasteiger partial charge in [0, 0.05) is 25.4 Å². The van der Waals surface area contributed by atoms with Crippen LogP contribution in [0.25, 0.3) is 0 Å². The van der Waals surface area contributed by atoms with E-state index in [9.17, 15) is 0 Å². The van der Waals surface area contributed by atoms with E-state index in [2.05, 4.69) is 432 Å². The minimum absolute atomic E-state index is 0.623. The summed E-state index contributed by atoms with van der Waals surface area (Å²) in [5.74, 6) is 0. The summed E-state index contributed by atoms with van der Waals surface area (Å²) in [6.07, 6.45) is 0. The van der Waals surface area contributed by atoms with Crippen molar-refractivity contribution < 1.29 is 8.85 Å². The Hall–Kier alpha value is -7.70. The second-order valence-electron chi connectivity index (χ2n) is 28.4. The highest BCUT2D eigenvalue weighted by Crippen LogP contribution is 2.48. The molecule has 12 rings (SSSR count). The lowest BCUT2D eigenvalue weighted by Crippen LogP contribution is -3.12. The van der Waals surface area contributed by atoms with Crippen molar-refractivity contribution in [2.45, 2.75) is 78.9 Å². The highest BCUT2D eigenvalue weighted by Gasteiger charge is 2.85. The van der Waals surface area contributed by atoms with Crippen molar-refractivity contribution in [1.29, 1.82) is 0 Å². The molecule has 10 heteroatoms. The molecule has 12 aromatic carbocycles. The van der Waals surface area contributed by atoms with Crippen LogP contribution in [0.2, 0.25) is 26.2 Å². The first-order chi connectivity index (χ1) is 45.4. The van der Waals surface area contributed by atoms with Gasteiger partial charge in [-0.1, -0.05) is 432 Å². The molecule has 0 atom stereocenters. The number of benzene rings is 12. The van der Waals surface area contributed by atoms with E-state index in [-0.39, 0.29) is 0 Å². The van der Waals surface area contributed by atoms with Crippen LogP contribution >= 0.6 is 0 Å². The summed E-state index contributed by atoms with van der Waals surface area (Å²) < 4.78 is 18.2. The highest BCUT2D eigenvalue weighted by molar-refractivity contribution is 8.12. The van der Waals surface area contributed by atoms with E-state index in [1.165, 1.54) is 62.2 Å². The third-order valence-electron chi connectivity index (χ3n) is 20.9. The molecule has 0 radical (unpaired) electrons. The second-order valence-corrected chi connectivity index (χ2v) is 97.2. The molecule has 470 valence electrons. The van der Waals surface area contributed by atoms with E-state index in [1.54, 1.807) is 0 Å². The first-order valence-electron chi connectivity index (χ1n) is 33.5. The van der Waals surface area contributed by atoms with E-state index in [4.69, 9.17) is 8.85 Å². The monoisotopic (exact) mass is 1350 g/mol. The Balaban J connectivity index is 1.47. The van der Waals surface area contributed by atoms with Crippen LogP contribution < -0.4 is 62.2 Å². The highest BCUT2D eigenvalue weighted by atomic mass is 30.1. The maximum Gasteiger partial charge on any atom is 0.249 e. The zero-order valence-electron chi connectivity index (χ0n) is 56.5. The van der Waals surface area contributed by atoms with Crippen LogP contribution in [0.5, 0.6) is 0 Å². The number of rotatable bonds is 21. The van der Waals surface area contributed by atoms with E-state index in [0.29, 0.717) is 0 Å². The summed E-state index contributed by atoms with van der Waals surface area (Å²) in [7, 11) is -30.6. The fraction of sp³-hybridized carbons (Fsp3) is 0.143. The van der Waals surface area contributed by atoms with Crippen LogP contribution in [0.3, 0.4) is 0 Å². The van der Waals surface area contributed by atoms with E-state index < -0.39 is 69.5 Å². The summed E-state index contributed by atoms with van der Waals surface area (Å²) in [6, 6.07) is 146. The van der Waals surface area contributed by atoms with Gasteiger partial charge in [0.15, 0.2) is 14.2 Å². The topological polar surface area (TPSA) is 18.5 Å².